The Morgan fingerprint density at radius 1 is 1.03 bits per heavy atom. The molecular formula is C26H38O5. The van der Waals surface area contributed by atoms with E-state index in [1.807, 2.05) is 0 Å². The Morgan fingerprint density at radius 2 is 1.77 bits per heavy atom. The van der Waals surface area contributed by atoms with Crippen LogP contribution >= 0.6 is 0 Å². The number of hydrogen-bond acceptors (Lipinski definition) is 5. The molecule has 0 aromatic heterocycles. The highest BCUT2D eigenvalue weighted by molar-refractivity contribution is 5.88. The van der Waals surface area contributed by atoms with E-state index < -0.39 is 17.7 Å². The summed E-state index contributed by atoms with van der Waals surface area (Å²) in [6.45, 7) is 6.57. The van der Waals surface area contributed by atoms with Crippen molar-refractivity contribution >= 4 is 5.97 Å². The first-order valence-electron chi connectivity index (χ1n) is 12.4. The highest BCUT2D eigenvalue weighted by Crippen LogP contribution is 2.72. The normalized spacial score (nSPS) is 54.8. The average Bonchev–Trinajstić information content (AvgIpc) is 2.83. The predicted octanol–water partition coefficient (Wildman–Crippen LogP) is 2.90. The molecule has 0 aromatic rings. The Labute approximate surface area is 185 Å². The molecular weight excluding hydrogens is 392 g/mol. The Bertz CT molecular complexity index is 814. The van der Waals surface area contributed by atoms with Gasteiger partial charge >= 0.3 is 5.97 Å². The Kier molecular flexibility index (Phi) is 5.05. The molecule has 3 N–H and O–H groups in total. The fourth-order valence-corrected chi connectivity index (χ4v) is 9.05. The number of esters is 1. The van der Waals surface area contributed by atoms with Crippen molar-refractivity contribution in [3.63, 3.8) is 0 Å². The molecule has 0 bridgehead atoms. The van der Waals surface area contributed by atoms with Crippen LogP contribution in [0.2, 0.25) is 0 Å². The van der Waals surface area contributed by atoms with Crippen LogP contribution in [0.25, 0.3) is 0 Å². The van der Waals surface area contributed by atoms with Gasteiger partial charge in [-0.2, -0.15) is 0 Å². The first-order chi connectivity index (χ1) is 14.6. The second-order valence-corrected chi connectivity index (χ2v) is 11.8. The second kappa shape index (κ2) is 7.20. The molecule has 5 saturated carbocycles. The lowest BCUT2D eigenvalue weighted by Crippen LogP contribution is -2.64. The van der Waals surface area contributed by atoms with Gasteiger partial charge in [0.25, 0.3) is 0 Å². The first-order valence-corrected chi connectivity index (χ1v) is 12.4. The smallest absolute Gasteiger partial charge is 0.384 e. The van der Waals surface area contributed by atoms with Crippen molar-refractivity contribution < 1.29 is 24.9 Å². The Hall–Kier alpha value is -1.09. The fraction of sp³-hybridized carbons (Fsp3) is 0.885. The van der Waals surface area contributed by atoms with Crippen LogP contribution in [0.4, 0.5) is 0 Å². The first kappa shape index (κ1) is 21.7. The number of ether oxygens (including phenoxy) is 1. The van der Waals surface area contributed by atoms with E-state index in [2.05, 4.69) is 25.7 Å². The van der Waals surface area contributed by atoms with E-state index >= 15 is 0 Å². The molecule has 5 heteroatoms. The molecule has 0 amide bonds. The number of aliphatic hydroxyl groups excluding tert-OH is 2. The number of hydrogen-bond donors (Lipinski definition) is 3. The number of carbonyl (C=O) groups is 1. The van der Waals surface area contributed by atoms with Crippen LogP contribution in [0.1, 0.15) is 72.1 Å². The zero-order valence-electron chi connectivity index (χ0n) is 19.1. The summed E-state index contributed by atoms with van der Waals surface area (Å²) in [5.74, 6) is 7.21. The zero-order chi connectivity index (χ0) is 22.2. The van der Waals surface area contributed by atoms with Crippen LogP contribution in [-0.4, -0.2) is 45.7 Å². The molecule has 11 atom stereocenters. The van der Waals surface area contributed by atoms with E-state index in [4.69, 9.17) is 4.74 Å². The molecule has 0 aliphatic heterocycles. The van der Waals surface area contributed by atoms with Crippen LogP contribution in [-0.2, 0) is 9.53 Å². The SMILES string of the molecule is CCOC(=O)C#CC1C[C@]2(C)[C@H]3CC[C@@]4(C)[C@@H]([C@@H]5CC[C@@H]5[C@H]4O)[C@@H]3CC[C@]2(O)C[C@H]1O. The molecule has 0 aromatic carbocycles. The lowest BCUT2D eigenvalue weighted by Gasteiger charge is -2.65. The van der Waals surface area contributed by atoms with Gasteiger partial charge in [-0.05, 0) is 86.9 Å². The van der Waals surface area contributed by atoms with E-state index in [0.29, 0.717) is 48.9 Å². The summed E-state index contributed by atoms with van der Waals surface area (Å²) in [5.41, 5.74) is -1.22. The number of carbonyl (C=O) groups excluding carboxylic acids is 1. The molecule has 1 unspecified atom stereocenters. The van der Waals surface area contributed by atoms with Gasteiger partial charge in [0.1, 0.15) is 0 Å². The summed E-state index contributed by atoms with van der Waals surface area (Å²) >= 11 is 0. The molecule has 5 aliphatic rings. The molecule has 5 rings (SSSR count). The van der Waals surface area contributed by atoms with Gasteiger partial charge in [-0.1, -0.05) is 19.8 Å². The van der Waals surface area contributed by atoms with Gasteiger partial charge in [0.15, 0.2) is 0 Å². The zero-order valence-corrected chi connectivity index (χ0v) is 19.1. The Balaban J connectivity index is 1.44. The summed E-state index contributed by atoms with van der Waals surface area (Å²) in [6.07, 6.45) is 6.15. The molecule has 172 valence electrons. The van der Waals surface area contributed by atoms with E-state index in [1.54, 1.807) is 6.92 Å². The minimum atomic E-state index is -0.889. The van der Waals surface area contributed by atoms with Crippen molar-refractivity contribution in [2.45, 2.75) is 89.9 Å². The van der Waals surface area contributed by atoms with Gasteiger partial charge in [-0.25, -0.2) is 4.79 Å². The summed E-state index contributed by atoms with van der Waals surface area (Å²) in [5, 5.41) is 33.7. The number of rotatable bonds is 1. The van der Waals surface area contributed by atoms with Crippen molar-refractivity contribution in [1.82, 2.24) is 0 Å². The van der Waals surface area contributed by atoms with Crippen molar-refractivity contribution in [1.29, 1.82) is 0 Å². The molecule has 0 spiro atoms. The number of fused-ring (bicyclic) bond motifs is 7. The third-order valence-corrected chi connectivity index (χ3v) is 10.7. The average molecular weight is 431 g/mol. The third-order valence-electron chi connectivity index (χ3n) is 10.7. The summed E-state index contributed by atoms with van der Waals surface area (Å²) < 4.78 is 4.94. The lowest BCUT2D eigenvalue weighted by atomic mass is 9.42. The maximum absolute atomic E-state index is 11.8. The lowest BCUT2D eigenvalue weighted by molar-refractivity contribution is -0.230. The summed E-state index contributed by atoms with van der Waals surface area (Å²) in [7, 11) is 0. The van der Waals surface area contributed by atoms with Crippen molar-refractivity contribution in [2.24, 2.45) is 46.3 Å². The van der Waals surface area contributed by atoms with Gasteiger partial charge in [0.05, 0.1) is 24.4 Å². The van der Waals surface area contributed by atoms with Gasteiger partial charge in [0, 0.05) is 23.7 Å². The molecule has 5 aliphatic carbocycles. The molecule has 0 heterocycles. The van der Waals surface area contributed by atoms with Gasteiger partial charge in [-0.15, -0.1) is 0 Å². The minimum absolute atomic E-state index is 0.0100. The minimum Gasteiger partial charge on any atom is -0.456 e. The van der Waals surface area contributed by atoms with Crippen LogP contribution in [0.3, 0.4) is 0 Å². The highest BCUT2D eigenvalue weighted by atomic mass is 16.5. The van der Waals surface area contributed by atoms with Crippen LogP contribution in [0.15, 0.2) is 0 Å². The number of aliphatic hydroxyl groups is 3. The maximum atomic E-state index is 11.8. The largest absolute Gasteiger partial charge is 0.456 e. The maximum Gasteiger partial charge on any atom is 0.384 e. The second-order valence-electron chi connectivity index (χ2n) is 11.8. The molecule has 5 fully saturated rings. The van der Waals surface area contributed by atoms with Gasteiger partial charge in [-0.3, -0.25) is 0 Å². The van der Waals surface area contributed by atoms with E-state index in [9.17, 15) is 20.1 Å². The monoisotopic (exact) mass is 430 g/mol. The van der Waals surface area contributed by atoms with Crippen LogP contribution < -0.4 is 0 Å². The fourth-order valence-electron chi connectivity index (χ4n) is 9.05. The molecule has 31 heavy (non-hydrogen) atoms. The van der Waals surface area contributed by atoms with Crippen molar-refractivity contribution in [3.8, 4) is 11.8 Å². The predicted molar refractivity (Wildman–Crippen MR) is 115 cm³/mol. The topological polar surface area (TPSA) is 87.0 Å². The van der Waals surface area contributed by atoms with E-state index in [1.165, 1.54) is 6.42 Å². The Morgan fingerprint density at radius 3 is 2.45 bits per heavy atom. The van der Waals surface area contributed by atoms with Gasteiger partial charge in [0.2, 0.25) is 0 Å². The quantitative estimate of drug-likeness (QED) is 0.338. The van der Waals surface area contributed by atoms with E-state index in [-0.39, 0.29) is 29.5 Å². The van der Waals surface area contributed by atoms with Crippen molar-refractivity contribution in [2.75, 3.05) is 6.61 Å². The van der Waals surface area contributed by atoms with Crippen LogP contribution in [0, 0.1) is 58.2 Å². The van der Waals surface area contributed by atoms with Crippen LogP contribution in [0.5, 0.6) is 0 Å². The molecule has 0 saturated heterocycles. The summed E-state index contributed by atoms with van der Waals surface area (Å²) in [4.78, 5) is 11.8. The van der Waals surface area contributed by atoms with Gasteiger partial charge < -0.3 is 20.1 Å². The summed E-state index contributed by atoms with van der Waals surface area (Å²) in [6, 6.07) is 0. The van der Waals surface area contributed by atoms with E-state index in [0.717, 1.165) is 25.7 Å². The highest BCUT2D eigenvalue weighted by Gasteiger charge is 2.69. The van der Waals surface area contributed by atoms with Crippen molar-refractivity contribution in [3.05, 3.63) is 0 Å². The molecule has 5 nitrogen and oxygen atoms in total. The molecule has 0 radical (unpaired) electrons. The third kappa shape index (κ3) is 2.90. The standard InChI is InChI=1S/C26H38O5/c1-4-31-21(28)8-5-15-13-25(3)19-10-11-24(2)22(16-6-7-17(16)23(24)29)18(19)9-12-26(25,30)14-20(15)27/h15-20,22-23,27,29-30H,4,6-7,9-14H2,1-3H3/t15?,16-,17+,18-,19+,20-,22+,23-,24+,25-,26+/m1/s1.